The van der Waals surface area contributed by atoms with Gasteiger partial charge in [0, 0.05) is 18.8 Å². The van der Waals surface area contributed by atoms with Crippen LogP contribution in [0.15, 0.2) is 24.4 Å². The smallest absolute Gasteiger partial charge is 0.237 e. The molecule has 0 N–H and O–H groups in total. The van der Waals surface area contributed by atoms with Crippen LogP contribution in [-0.2, 0) is 7.05 Å². The monoisotopic (exact) mass is 253 g/mol. The number of hydrogen-bond acceptors (Lipinski definition) is 2. The fraction of sp³-hybridized carbons (Fsp3) is 0.333. The lowest BCUT2D eigenvalue weighted by atomic mass is 10.1. The minimum atomic E-state index is 0.293. The standard InChI is InChI=1S/C15H15N3O/c1-10-8-12(13-6-7-17-18(13)3)15(16-2)14(9-10)19-11-4-5-11/h6-9,11H,4-5H2,1,3H3. The van der Waals surface area contributed by atoms with E-state index < -0.39 is 0 Å². The van der Waals surface area contributed by atoms with Crippen molar-refractivity contribution in [1.82, 2.24) is 9.78 Å². The van der Waals surface area contributed by atoms with Crippen molar-refractivity contribution in [3.05, 3.63) is 41.4 Å². The Morgan fingerprint density at radius 3 is 2.79 bits per heavy atom. The minimum absolute atomic E-state index is 0.293. The number of ether oxygens (including phenoxy) is 1. The highest BCUT2D eigenvalue weighted by atomic mass is 16.5. The topological polar surface area (TPSA) is 31.4 Å². The first-order valence-electron chi connectivity index (χ1n) is 6.36. The molecule has 1 aromatic carbocycles. The van der Waals surface area contributed by atoms with Gasteiger partial charge in [0.1, 0.15) is 5.75 Å². The maximum Gasteiger partial charge on any atom is 0.237 e. The van der Waals surface area contributed by atoms with Crippen LogP contribution >= 0.6 is 0 Å². The number of hydrogen-bond donors (Lipinski definition) is 0. The molecule has 0 radical (unpaired) electrons. The van der Waals surface area contributed by atoms with Gasteiger partial charge in [0.2, 0.25) is 5.69 Å². The van der Waals surface area contributed by atoms with Crippen LogP contribution in [0.1, 0.15) is 18.4 Å². The zero-order chi connectivity index (χ0) is 13.4. The minimum Gasteiger partial charge on any atom is -0.501 e. The molecule has 1 fully saturated rings. The van der Waals surface area contributed by atoms with Crippen LogP contribution in [-0.4, -0.2) is 15.9 Å². The zero-order valence-electron chi connectivity index (χ0n) is 11.1. The van der Waals surface area contributed by atoms with Crippen molar-refractivity contribution in [2.24, 2.45) is 7.05 Å². The van der Waals surface area contributed by atoms with Crippen molar-refractivity contribution >= 4 is 5.69 Å². The highest BCUT2D eigenvalue weighted by Gasteiger charge is 2.26. The van der Waals surface area contributed by atoms with Gasteiger partial charge in [0.15, 0.2) is 0 Å². The molecular weight excluding hydrogens is 238 g/mol. The summed E-state index contributed by atoms with van der Waals surface area (Å²) in [5.41, 5.74) is 3.52. The molecule has 1 aromatic heterocycles. The van der Waals surface area contributed by atoms with Gasteiger partial charge in [-0.25, -0.2) is 4.85 Å². The van der Waals surface area contributed by atoms with E-state index in [0.29, 0.717) is 17.5 Å². The number of benzene rings is 1. The van der Waals surface area contributed by atoms with Gasteiger partial charge in [0.25, 0.3) is 0 Å². The molecule has 0 atom stereocenters. The van der Waals surface area contributed by atoms with Crippen LogP contribution in [0.4, 0.5) is 5.69 Å². The lowest BCUT2D eigenvalue weighted by Crippen LogP contribution is -1.99. The molecule has 2 aromatic rings. The summed E-state index contributed by atoms with van der Waals surface area (Å²) in [7, 11) is 1.88. The van der Waals surface area contributed by atoms with Gasteiger partial charge in [-0.2, -0.15) is 5.10 Å². The molecule has 0 saturated heterocycles. The molecule has 0 aliphatic heterocycles. The third kappa shape index (κ3) is 2.19. The average Bonchev–Trinajstić information content (AvgIpc) is 3.08. The molecule has 0 amide bonds. The van der Waals surface area contributed by atoms with E-state index in [4.69, 9.17) is 11.3 Å². The van der Waals surface area contributed by atoms with Crippen molar-refractivity contribution in [3.8, 4) is 17.0 Å². The Morgan fingerprint density at radius 1 is 1.42 bits per heavy atom. The summed E-state index contributed by atoms with van der Waals surface area (Å²) in [6, 6.07) is 5.89. The quantitative estimate of drug-likeness (QED) is 0.784. The molecule has 19 heavy (non-hydrogen) atoms. The van der Waals surface area contributed by atoms with E-state index >= 15 is 0 Å². The number of nitrogens with zero attached hydrogens (tertiary/aromatic N) is 3. The largest absolute Gasteiger partial charge is 0.501 e. The third-order valence-corrected chi connectivity index (χ3v) is 3.25. The van der Waals surface area contributed by atoms with Gasteiger partial charge < -0.3 is 4.74 Å². The first-order chi connectivity index (χ1) is 9.19. The number of aryl methyl sites for hydroxylation is 2. The first kappa shape index (κ1) is 11.8. The van der Waals surface area contributed by atoms with E-state index in [1.54, 1.807) is 10.9 Å². The Hall–Kier alpha value is -2.28. The second kappa shape index (κ2) is 4.43. The Balaban J connectivity index is 2.15. The Morgan fingerprint density at radius 2 is 2.21 bits per heavy atom. The average molecular weight is 253 g/mol. The van der Waals surface area contributed by atoms with Crippen LogP contribution < -0.4 is 4.74 Å². The van der Waals surface area contributed by atoms with E-state index in [0.717, 1.165) is 29.7 Å². The lowest BCUT2D eigenvalue weighted by molar-refractivity contribution is 0.305. The van der Waals surface area contributed by atoms with Crippen LogP contribution in [0, 0.1) is 13.5 Å². The van der Waals surface area contributed by atoms with Crippen molar-refractivity contribution in [3.63, 3.8) is 0 Å². The Kier molecular flexibility index (Phi) is 2.75. The maximum absolute atomic E-state index is 7.45. The fourth-order valence-electron chi connectivity index (χ4n) is 2.15. The molecule has 0 bridgehead atoms. The molecule has 1 aliphatic rings. The SMILES string of the molecule is [C-]#[N+]c1c(OC2CC2)cc(C)cc1-c1ccnn1C. The van der Waals surface area contributed by atoms with Gasteiger partial charge in [-0.05, 0) is 37.5 Å². The van der Waals surface area contributed by atoms with Crippen molar-refractivity contribution in [2.45, 2.75) is 25.9 Å². The number of aromatic nitrogens is 2. The zero-order valence-corrected chi connectivity index (χ0v) is 11.1. The van der Waals surface area contributed by atoms with E-state index in [1.165, 1.54) is 0 Å². The van der Waals surface area contributed by atoms with Gasteiger partial charge in [0.05, 0.1) is 18.4 Å². The summed E-state index contributed by atoms with van der Waals surface area (Å²) in [5.74, 6) is 0.702. The number of rotatable bonds is 3. The lowest BCUT2D eigenvalue weighted by Gasteiger charge is -2.12. The van der Waals surface area contributed by atoms with Gasteiger partial charge >= 0.3 is 0 Å². The Bertz CT molecular complexity index is 663. The Labute approximate surface area is 112 Å². The molecule has 4 heteroatoms. The van der Waals surface area contributed by atoms with Crippen LogP contribution in [0.2, 0.25) is 0 Å². The van der Waals surface area contributed by atoms with Crippen molar-refractivity contribution in [2.75, 3.05) is 0 Å². The summed E-state index contributed by atoms with van der Waals surface area (Å²) in [4.78, 5) is 3.67. The summed E-state index contributed by atoms with van der Waals surface area (Å²) in [5, 5.41) is 4.17. The molecule has 3 rings (SSSR count). The van der Waals surface area contributed by atoms with E-state index in [9.17, 15) is 0 Å². The molecule has 1 aliphatic carbocycles. The van der Waals surface area contributed by atoms with Crippen LogP contribution in [0.5, 0.6) is 5.75 Å². The summed E-state index contributed by atoms with van der Waals surface area (Å²) >= 11 is 0. The summed E-state index contributed by atoms with van der Waals surface area (Å²) < 4.78 is 7.65. The molecule has 0 spiro atoms. The van der Waals surface area contributed by atoms with Gasteiger partial charge in [-0.15, -0.1) is 0 Å². The predicted molar refractivity (Wildman–Crippen MR) is 73.3 cm³/mol. The fourth-order valence-corrected chi connectivity index (χ4v) is 2.15. The van der Waals surface area contributed by atoms with E-state index in [2.05, 4.69) is 9.94 Å². The van der Waals surface area contributed by atoms with Crippen molar-refractivity contribution < 1.29 is 4.74 Å². The molecule has 1 heterocycles. The third-order valence-electron chi connectivity index (χ3n) is 3.25. The second-order valence-electron chi connectivity index (χ2n) is 4.93. The first-order valence-corrected chi connectivity index (χ1v) is 6.36. The highest BCUT2D eigenvalue weighted by molar-refractivity contribution is 5.82. The summed E-state index contributed by atoms with van der Waals surface area (Å²) in [6.07, 6.45) is 4.22. The molecule has 4 nitrogen and oxygen atoms in total. The molecule has 96 valence electrons. The molecular formula is C15H15N3O. The van der Waals surface area contributed by atoms with Crippen LogP contribution in [0.25, 0.3) is 16.1 Å². The second-order valence-corrected chi connectivity index (χ2v) is 4.93. The van der Waals surface area contributed by atoms with E-state index in [1.807, 2.05) is 32.2 Å². The van der Waals surface area contributed by atoms with Gasteiger partial charge in [-0.3, -0.25) is 4.68 Å². The van der Waals surface area contributed by atoms with Crippen LogP contribution in [0.3, 0.4) is 0 Å². The molecule has 0 unspecified atom stereocenters. The predicted octanol–water partition coefficient (Wildman–Crippen LogP) is 3.49. The molecule has 1 saturated carbocycles. The maximum atomic E-state index is 7.45. The summed E-state index contributed by atoms with van der Waals surface area (Å²) in [6.45, 7) is 9.47. The highest BCUT2D eigenvalue weighted by Crippen LogP contribution is 2.41. The van der Waals surface area contributed by atoms with E-state index in [-0.39, 0.29) is 0 Å². The van der Waals surface area contributed by atoms with Crippen molar-refractivity contribution in [1.29, 1.82) is 0 Å². The normalized spacial score (nSPS) is 14.2. The van der Waals surface area contributed by atoms with Gasteiger partial charge in [-0.1, -0.05) is 6.07 Å².